The van der Waals surface area contributed by atoms with Crippen molar-refractivity contribution in [1.29, 1.82) is 0 Å². The van der Waals surface area contributed by atoms with Crippen LogP contribution in [-0.4, -0.2) is 39.1 Å². The first-order valence-corrected chi connectivity index (χ1v) is 13.0. The first kappa shape index (κ1) is 25.5. The van der Waals surface area contributed by atoms with E-state index in [1.165, 1.54) is 0 Å². The Balaban J connectivity index is 1.45. The number of benzene rings is 2. The van der Waals surface area contributed by atoms with Gasteiger partial charge in [-0.3, -0.25) is 9.78 Å². The average molecular weight is 526 g/mol. The van der Waals surface area contributed by atoms with Gasteiger partial charge in [-0.05, 0) is 79.7 Å². The predicted octanol–water partition coefficient (Wildman–Crippen LogP) is 5.50. The summed E-state index contributed by atoms with van der Waals surface area (Å²) in [7, 11) is 1.66. The number of carbonyl (C=O) groups is 1. The summed E-state index contributed by atoms with van der Waals surface area (Å²) in [6.07, 6.45) is 4.12. The summed E-state index contributed by atoms with van der Waals surface area (Å²) in [5.41, 5.74) is 5.89. The summed E-state index contributed by atoms with van der Waals surface area (Å²) in [5, 5.41) is 7.15. The zero-order chi connectivity index (χ0) is 26.6. The summed E-state index contributed by atoms with van der Waals surface area (Å²) < 4.78 is 7.61. The van der Waals surface area contributed by atoms with Crippen LogP contribution in [0.15, 0.2) is 85.2 Å². The van der Waals surface area contributed by atoms with Gasteiger partial charge in [0, 0.05) is 48.5 Å². The number of aryl methyl sites for hydroxylation is 2. The summed E-state index contributed by atoms with van der Waals surface area (Å²) in [6, 6.07) is 23.7. The van der Waals surface area contributed by atoms with Crippen LogP contribution in [-0.2, 0) is 4.79 Å². The Bertz CT molecular complexity index is 1450. The van der Waals surface area contributed by atoms with Crippen molar-refractivity contribution in [2.45, 2.75) is 32.4 Å². The Hall–Kier alpha value is -4.17. The fourth-order valence-electron chi connectivity index (χ4n) is 4.90. The van der Waals surface area contributed by atoms with E-state index in [4.69, 9.17) is 17.0 Å². The number of ether oxygens (including phenoxy) is 1. The zero-order valence-electron chi connectivity index (χ0n) is 21.7. The van der Waals surface area contributed by atoms with Crippen molar-refractivity contribution < 1.29 is 9.53 Å². The van der Waals surface area contributed by atoms with Gasteiger partial charge < -0.3 is 24.8 Å². The highest BCUT2D eigenvalue weighted by atomic mass is 32.1. The second-order valence-electron chi connectivity index (χ2n) is 9.44. The Kier molecular flexibility index (Phi) is 7.42. The molecule has 38 heavy (non-hydrogen) atoms. The Labute approximate surface area is 228 Å². The molecule has 1 aliphatic heterocycles. The normalized spacial score (nSPS) is 16.8. The van der Waals surface area contributed by atoms with Gasteiger partial charge in [-0.25, -0.2) is 0 Å². The van der Waals surface area contributed by atoms with E-state index in [9.17, 15) is 4.79 Å². The minimum Gasteiger partial charge on any atom is -0.497 e. The molecule has 7 nitrogen and oxygen atoms in total. The van der Waals surface area contributed by atoms with Gasteiger partial charge in [-0.1, -0.05) is 24.3 Å². The predicted molar refractivity (Wildman–Crippen MR) is 154 cm³/mol. The number of hydrogen-bond acceptors (Lipinski definition) is 4. The third-order valence-electron chi connectivity index (χ3n) is 6.86. The quantitative estimate of drug-likeness (QED) is 0.296. The maximum atomic E-state index is 13.0. The number of aromatic nitrogens is 2. The fourth-order valence-corrected chi connectivity index (χ4v) is 5.24. The average Bonchev–Trinajstić information content (AvgIpc) is 3.54. The number of amides is 1. The zero-order valence-corrected chi connectivity index (χ0v) is 22.5. The lowest BCUT2D eigenvalue weighted by Crippen LogP contribution is -2.33. The molecule has 1 fully saturated rings. The molecule has 0 bridgehead atoms. The highest BCUT2D eigenvalue weighted by Gasteiger charge is 2.41. The minimum atomic E-state index is -0.176. The van der Waals surface area contributed by atoms with Gasteiger partial charge in [-0.2, -0.15) is 0 Å². The van der Waals surface area contributed by atoms with Crippen molar-refractivity contribution in [2.75, 3.05) is 19.0 Å². The lowest BCUT2D eigenvalue weighted by Gasteiger charge is -2.29. The highest BCUT2D eigenvalue weighted by Crippen LogP contribution is 2.39. The van der Waals surface area contributed by atoms with Gasteiger partial charge in [0.15, 0.2) is 5.11 Å². The summed E-state index contributed by atoms with van der Waals surface area (Å²) in [4.78, 5) is 19.7. The number of pyridine rings is 1. The third-order valence-corrected chi connectivity index (χ3v) is 7.21. The summed E-state index contributed by atoms with van der Waals surface area (Å²) in [5.74, 6) is 0.730. The van der Waals surface area contributed by atoms with Gasteiger partial charge in [0.1, 0.15) is 5.75 Å². The lowest BCUT2D eigenvalue weighted by atomic mass is 10.0. The fraction of sp³-hybridized carbons (Fsp3) is 0.233. The van der Waals surface area contributed by atoms with Gasteiger partial charge in [0.25, 0.3) is 0 Å². The molecule has 2 aromatic carbocycles. The van der Waals surface area contributed by atoms with E-state index < -0.39 is 0 Å². The van der Waals surface area contributed by atoms with E-state index in [1.54, 1.807) is 13.3 Å². The molecule has 2 atom stereocenters. The van der Waals surface area contributed by atoms with Gasteiger partial charge in [0.05, 0.1) is 24.9 Å². The van der Waals surface area contributed by atoms with Crippen molar-refractivity contribution in [3.8, 4) is 11.4 Å². The molecule has 2 N–H and O–H groups in total. The number of methoxy groups -OCH3 is 1. The van der Waals surface area contributed by atoms with Crippen molar-refractivity contribution in [3.05, 3.63) is 108 Å². The molecule has 0 aliphatic carbocycles. The molecule has 5 rings (SSSR count). The molecule has 0 radical (unpaired) electrons. The number of anilines is 1. The van der Waals surface area contributed by atoms with Crippen LogP contribution < -0.4 is 15.4 Å². The van der Waals surface area contributed by atoms with E-state index in [0.717, 1.165) is 39.6 Å². The second kappa shape index (κ2) is 11.1. The van der Waals surface area contributed by atoms with Crippen LogP contribution in [0, 0.1) is 13.8 Å². The van der Waals surface area contributed by atoms with E-state index >= 15 is 0 Å². The molecule has 0 spiro atoms. The molecule has 8 heteroatoms. The molecule has 1 aliphatic rings. The minimum absolute atomic E-state index is 0.0512. The van der Waals surface area contributed by atoms with E-state index in [2.05, 4.69) is 31.2 Å². The van der Waals surface area contributed by atoms with Crippen molar-refractivity contribution >= 4 is 28.9 Å². The van der Waals surface area contributed by atoms with Gasteiger partial charge >= 0.3 is 0 Å². The first-order chi connectivity index (χ1) is 18.4. The number of nitrogens with zero attached hydrogens (tertiary/aromatic N) is 3. The summed E-state index contributed by atoms with van der Waals surface area (Å²) >= 11 is 5.81. The Morgan fingerprint density at radius 2 is 1.95 bits per heavy atom. The molecular weight excluding hydrogens is 494 g/mol. The Morgan fingerprint density at radius 3 is 2.74 bits per heavy atom. The van der Waals surface area contributed by atoms with Crippen LogP contribution in [0.5, 0.6) is 5.75 Å². The van der Waals surface area contributed by atoms with E-state index in [-0.39, 0.29) is 18.0 Å². The van der Waals surface area contributed by atoms with Gasteiger partial charge in [-0.15, -0.1) is 0 Å². The molecule has 3 heterocycles. The van der Waals surface area contributed by atoms with E-state index in [0.29, 0.717) is 18.1 Å². The van der Waals surface area contributed by atoms with Crippen LogP contribution in [0.3, 0.4) is 0 Å². The van der Waals surface area contributed by atoms with Crippen LogP contribution in [0.4, 0.5) is 5.69 Å². The molecular formula is C30H31N5O2S. The van der Waals surface area contributed by atoms with Crippen molar-refractivity contribution in [1.82, 2.24) is 19.8 Å². The number of rotatable bonds is 8. The van der Waals surface area contributed by atoms with Gasteiger partial charge in [0.2, 0.25) is 5.91 Å². The molecule has 2 aromatic heterocycles. The molecule has 0 unspecified atom stereocenters. The topological polar surface area (TPSA) is 71.4 Å². The second-order valence-corrected chi connectivity index (χ2v) is 9.83. The number of carbonyl (C=O) groups excluding carboxylic acids is 1. The largest absolute Gasteiger partial charge is 0.497 e. The van der Waals surface area contributed by atoms with Crippen molar-refractivity contribution in [2.24, 2.45) is 0 Å². The number of nitrogens with one attached hydrogen (secondary N) is 2. The standard InChI is InChI=1S/C30H31N5O2S/c1-20-12-13-21(2)25(18-20)32-27(36)14-17-35-29(28(33-30(35)38)24-10-4-5-15-31-24)26-11-7-16-34(26)22-8-6-9-23(19-22)37-3/h4-13,15-16,18-19,28-29H,14,17H2,1-3H3,(H,32,36)(H,33,38)/t28-,29-/m1/s1. The SMILES string of the molecule is COc1cccc(-n2cccc2[C@@H]2[C@@H](c3ccccn3)NC(=S)N2CCC(=O)Nc2cc(C)ccc2C)c1. The van der Waals surface area contributed by atoms with Crippen LogP contribution in [0.25, 0.3) is 5.69 Å². The molecule has 194 valence electrons. The number of hydrogen-bond donors (Lipinski definition) is 2. The lowest BCUT2D eigenvalue weighted by molar-refractivity contribution is -0.116. The van der Waals surface area contributed by atoms with E-state index in [1.807, 2.05) is 86.8 Å². The van der Waals surface area contributed by atoms with Crippen LogP contribution in [0.2, 0.25) is 0 Å². The molecule has 0 saturated carbocycles. The molecule has 4 aromatic rings. The smallest absolute Gasteiger partial charge is 0.226 e. The monoisotopic (exact) mass is 525 g/mol. The Morgan fingerprint density at radius 1 is 1.08 bits per heavy atom. The maximum Gasteiger partial charge on any atom is 0.226 e. The van der Waals surface area contributed by atoms with Crippen LogP contribution >= 0.6 is 12.2 Å². The highest BCUT2D eigenvalue weighted by molar-refractivity contribution is 7.80. The first-order valence-electron chi connectivity index (χ1n) is 12.6. The maximum absolute atomic E-state index is 13.0. The molecule has 1 amide bonds. The molecule has 1 saturated heterocycles. The van der Waals surface area contributed by atoms with Crippen molar-refractivity contribution in [3.63, 3.8) is 0 Å². The van der Waals surface area contributed by atoms with Crippen LogP contribution in [0.1, 0.15) is 41.0 Å². The summed E-state index contributed by atoms with van der Waals surface area (Å²) in [6.45, 7) is 4.47. The third kappa shape index (κ3) is 5.26. The number of thiocarbonyl (C=S) groups is 1.